The van der Waals surface area contributed by atoms with Crippen molar-refractivity contribution < 1.29 is 5.21 Å². The fourth-order valence-corrected chi connectivity index (χ4v) is 0.110. The summed E-state index contributed by atoms with van der Waals surface area (Å²) in [5, 5.41) is 16.1. The molecule has 6 heteroatoms. The highest BCUT2D eigenvalue weighted by Crippen LogP contribution is 1.62. The third-order valence-corrected chi connectivity index (χ3v) is 0.281. The van der Waals surface area contributed by atoms with E-state index in [4.69, 9.17) is 5.21 Å². The summed E-state index contributed by atoms with van der Waals surface area (Å²) in [6, 6.07) is 0. The summed E-state index contributed by atoms with van der Waals surface area (Å²) in [7, 11) is 0. The predicted octanol–water partition coefficient (Wildman–Crippen LogP) is -0.297. The molecule has 0 saturated heterocycles. The lowest BCUT2D eigenvalue weighted by atomic mass is 11.3. The van der Waals surface area contributed by atoms with Gasteiger partial charge in [-0.25, -0.2) is 0 Å². The normalized spacial score (nSPS) is 10.6. The van der Waals surface area contributed by atoms with Crippen LogP contribution in [0.1, 0.15) is 0 Å². The summed E-state index contributed by atoms with van der Waals surface area (Å²) in [5.41, 5.74) is 1.58. The molecule has 0 rings (SSSR count). The Kier molecular flexibility index (Phi) is 4.77. The second-order valence-corrected chi connectivity index (χ2v) is 0.710. The first-order valence-electron chi connectivity index (χ1n) is 1.67. The van der Waals surface area contributed by atoms with Gasteiger partial charge in [-0.2, -0.15) is 0 Å². The zero-order chi connectivity index (χ0) is 6.24. The van der Waals surface area contributed by atoms with Gasteiger partial charge in [-0.15, -0.1) is 15.1 Å². The second-order valence-electron chi connectivity index (χ2n) is 0.710. The average Bonchev–Trinajstić information content (AvgIpc) is 1.81. The van der Waals surface area contributed by atoms with E-state index in [2.05, 4.69) is 15.4 Å². The van der Waals surface area contributed by atoms with Crippen LogP contribution in [0.2, 0.25) is 0 Å². The lowest BCUT2D eigenvalue weighted by Crippen LogP contribution is -2.00. The van der Waals surface area contributed by atoms with Gasteiger partial charge in [0, 0.05) is 0 Å². The molecule has 0 bridgehead atoms. The maximum Gasteiger partial charge on any atom is 0.182 e. The first kappa shape index (κ1) is 6.70. The van der Waals surface area contributed by atoms with Crippen LogP contribution in [0, 0.1) is 4.91 Å². The van der Waals surface area contributed by atoms with E-state index in [9.17, 15) is 4.91 Å². The van der Waals surface area contributed by atoms with Crippen LogP contribution in [-0.4, -0.2) is 17.9 Å². The van der Waals surface area contributed by atoms with Gasteiger partial charge in [0.05, 0.1) is 0 Å². The van der Waals surface area contributed by atoms with Gasteiger partial charge in [0.25, 0.3) is 0 Å². The summed E-state index contributed by atoms with van der Waals surface area (Å²) in [5.74, 6) is 0. The molecule has 0 unspecified atom stereocenters. The maximum absolute atomic E-state index is 9.21. The fourth-order valence-electron chi connectivity index (χ4n) is 0.110. The SMILES string of the molecule is O=N/C=N/N=C/NO. The molecule has 0 aromatic carbocycles. The van der Waals surface area contributed by atoms with Crippen LogP contribution < -0.4 is 5.48 Å². The van der Waals surface area contributed by atoms with Crippen molar-refractivity contribution >= 4 is 12.7 Å². The van der Waals surface area contributed by atoms with Crippen molar-refractivity contribution in [2.75, 3.05) is 0 Å². The van der Waals surface area contributed by atoms with E-state index in [1.54, 1.807) is 5.48 Å². The number of rotatable bonds is 3. The number of nitrogens with one attached hydrogen (secondary N) is 1. The molecule has 0 saturated carbocycles. The van der Waals surface area contributed by atoms with E-state index in [1.807, 2.05) is 0 Å². The van der Waals surface area contributed by atoms with Crippen molar-refractivity contribution in [2.45, 2.75) is 0 Å². The number of hydroxylamine groups is 1. The first-order chi connectivity index (χ1) is 3.91. The van der Waals surface area contributed by atoms with Gasteiger partial charge < -0.3 is 0 Å². The van der Waals surface area contributed by atoms with Gasteiger partial charge in [0.15, 0.2) is 6.34 Å². The second kappa shape index (κ2) is 5.70. The molecule has 6 nitrogen and oxygen atoms in total. The molecule has 44 valence electrons. The molecule has 0 heterocycles. The highest BCUT2D eigenvalue weighted by molar-refractivity contribution is 5.57. The van der Waals surface area contributed by atoms with E-state index in [1.165, 1.54) is 0 Å². The van der Waals surface area contributed by atoms with Gasteiger partial charge in [-0.3, -0.25) is 10.7 Å². The molecule has 0 fully saturated rings. The molecule has 0 aromatic rings. The minimum absolute atomic E-state index is 0.702. The molecule has 0 aliphatic heterocycles. The van der Waals surface area contributed by atoms with E-state index in [-0.39, 0.29) is 0 Å². The predicted molar refractivity (Wildman–Crippen MR) is 27.7 cm³/mol. The van der Waals surface area contributed by atoms with Crippen molar-refractivity contribution in [3.8, 4) is 0 Å². The highest BCUT2D eigenvalue weighted by atomic mass is 16.5. The molecule has 8 heavy (non-hydrogen) atoms. The van der Waals surface area contributed by atoms with Crippen LogP contribution in [-0.2, 0) is 0 Å². The summed E-state index contributed by atoms with van der Waals surface area (Å²) in [4.78, 5) is 9.21. The van der Waals surface area contributed by atoms with Crippen LogP contribution in [0.25, 0.3) is 0 Å². The molecule has 0 amide bonds. The average molecular weight is 116 g/mol. The highest BCUT2D eigenvalue weighted by Gasteiger charge is 1.60. The van der Waals surface area contributed by atoms with Crippen molar-refractivity contribution in [1.29, 1.82) is 0 Å². The molecular weight excluding hydrogens is 112 g/mol. The number of hydrogen-bond donors (Lipinski definition) is 2. The quantitative estimate of drug-likeness (QED) is 0.230. The Labute approximate surface area is 44.9 Å². The van der Waals surface area contributed by atoms with Crippen molar-refractivity contribution in [2.24, 2.45) is 15.4 Å². The van der Waals surface area contributed by atoms with E-state index in [0.717, 1.165) is 6.34 Å². The van der Waals surface area contributed by atoms with Crippen LogP contribution in [0.15, 0.2) is 15.4 Å². The van der Waals surface area contributed by atoms with Gasteiger partial charge in [0.1, 0.15) is 6.34 Å². The molecule has 0 spiro atoms. The zero-order valence-corrected chi connectivity index (χ0v) is 3.85. The summed E-state index contributed by atoms with van der Waals surface area (Å²) >= 11 is 0. The van der Waals surface area contributed by atoms with Crippen LogP contribution in [0.4, 0.5) is 0 Å². The Morgan fingerprint density at radius 1 is 1.50 bits per heavy atom. The van der Waals surface area contributed by atoms with Gasteiger partial charge >= 0.3 is 0 Å². The third-order valence-electron chi connectivity index (χ3n) is 0.281. The van der Waals surface area contributed by atoms with E-state index < -0.39 is 0 Å². The van der Waals surface area contributed by atoms with E-state index >= 15 is 0 Å². The zero-order valence-electron chi connectivity index (χ0n) is 3.85. The molecule has 0 aliphatic carbocycles. The Morgan fingerprint density at radius 3 is 2.75 bits per heavy atom. The summed E-state index contributed by atoms with van der Waals surface area (Å²) in [6.07, 6.45) is 1.59. The van der Waals surface area contributed by atoms with Crippen LogP contribution >= 0.6 is 0 Å². The van der Waals surface area contributed by atoms with E-state index in [0.29, 0.717) is 6.34 Å². The summed E-state index contributed by atoms with van der Waals surface area (Å²) in [6.45, 7) is 0. The molecular formula is C2H4N4O2. The summed E-state index contributed by atoms with van der Waals surface area (Å²) < 4.78 is 0. The molecule has 0 aromatic heterocycles. The minimum atomic E-state index is 0.702. The largest absolute Gasteiger partial charge is 0.290 e. The lowest BCUT2D eigenvalue weighted by Gasteiger charge is -1.75. The third kappa shape index (κ3) is 4.70. The molecule has 0 atom stereocenters. The van der Waals surface area contributed by atoms with Crippen LogP contribution in [0.5, 0.6) is 0 Å². The Morgan fingerprint density at radius 2 is 2.25 bits per heavy atom. The lowest BCUT2D eigenvalue weighted by molar-refractivity contribution is 0.239. The Hall–Kier alpha value is -1.30. The van der Waals surface area contributed by atoms with Gasteiger partial charge in [-0.05, 0) is 5.18 Å². The van der Waals surface area contributed by atoms with Crippen molar-refractivity contribution in [3.63, 3.8) is 0 Å². The van der Waals surface area contributed by atoms with Gasteiger partial charge in [-0.1, -0.05) is 0 Å². The van der Waals surface area contributed by atoms with Crippen molar-refractivity contribution in [1.82, 2.24) is 5.48 Å². The Bertz CT molecular complexity index is 109. The smallest absolute Gasteiger partial charge is 0.182 e. The maximum atomic E-state index is 9.21. The van der Waals surface area contributed by atoms with Crippen LogP contribution in [0.3, 0.4) is 0 Å². The number of nitroso groups, excluding NO2 is 1. The minimum Gasteiger partial charge on any atom is -0.290 e. The van der Waals surface area contributed by atoms with Gasteiger partial charge in [0.2, 0.25) is 0 Å². The number of nitrogens with zero attached hydrogens (tertiary/aromatic N) is 3. The standard InChI is InChI=1S/C2H4N4O2/c7-5-1-3-4-2-6-8/h1-2,7H,(H,3,5)/b4-2+. The molecule has 2 N–H and O–H groups in total. The molecule has 0 radical (unpaired) electrons. The van der Waals surface area contributed by atoms with Crippen molar-refractivity contribution in [3.05, 3.63) is 4.91 Å². The number of hydrogen-bond acceptors (Lipinski definition) is 4. The fraction of sp³-hybridized carbons (Fsp3) is 0. The first-order valence-corrected chi connectivity index (χ1v) is 1.67. The topological polar surface area (TPSA) is 86.4 Å². The monoisotopic (exact) mass is 116 g/mol. The molecule has 0 aliphatic rings. The Balaban J connectivity index is 3.26.